The molecule has 4 nitrogen and oxygen atoms in total. The van der Waals surface area contributed by atoms with Gasteiger partial charge in [0.2, 0.25) is 0 Å². The lowest BCUT2D eigenvalue weighted by molar-refractivity contribution is -0.142. The van der Waals surface area contributed by atoms with E-state index in [0.29, 0.717) is 24.2 Å². The van der Waals surface area contributed by atoms with Crippen LogP contribution in [0.15, 0.2) is 42.5 Å². The molecule has 2 aromatic carbocycles. The highest BCUT2D eigenvalue weighted by molar-refractivity contribution is 5.71. The van der Waals surface area contributed by atoms with Gasteiger partial charge in [-0.05, 0) is 85.8 Å². The largest absolute Gasteiger partial charge is 0.493 e. The third kappa shape index (κ3) is 4.77. The van der Waals surface area contributed by atoms with E-state index < -0.39 is 11.9 Å². The van der Waals surface area contributed by atoms with E-state index in [1.54, 1.807) is 19.1 Å². The van der Waals surface area contributed by atoms with Gasteiger partial charge in [0, 0.05) is 0 Å². The highest BCUT2D eigenvalue weighted by Gasteiger charge is 2.38. The van der Waals surface area contributed by atoms with Crippen LogP contribution < -0.4 is 9.47 Å². The summed E-state index contributed by atoms with van der Waals surface area (Å²) in [7, 11) is 0. The Morgan fingerprint density at radius 2 is 1.97 bits per heavy atom. The van der Waals surface area contributed by atoms with Crippen LogP contribution in [-0.4, -0.2) is 23.8 Å². The summed E-state index contributed by atoms with van der Waals surface area (Å²) in [6.07, 6.45) is 3.90. The van der Waals surface area contributed by atoms with Crippen molar-refractivity contribution < 1.29 is 23.8 Å². The standard InChI is InChI=1S/C25H29FO4/c1-15-6-9-22(26)23(10-15)30-21-11-17(12-21)14-29-20-5-3-4-19(13-20)24(18-7-8-18)16(2)25(27)28/h3-6,9-10,13,16-18,21,24H,7-8,11-12,14H2,1-2H3,(H,27,28)/t16-,17?,21?,24?/m0/s1. The zero-order valence-corrected chi connectivity index (χ0v) is 17.5. The molecule has 0 amide bonds. The van der Waals surface area contributed by atoms with Crippen LogP contribution in [0.2, 0.25) is 0 Å². The van der Waals surface area contributed by atoms with E-state index in [4.69, 9.17) is 9.47 Å². The Morgan fingerprint density at radius 3 is 2.67 bits per heavy atom. The van der Waals surface area contributed by atoms with Crippen LogP contribution in [-0.2, 0) is 4.79 Å². The second-order valence-electron chi connectivity index (χ2n) is 8.88. The van der Waals surface area contributed by atoms with Gasteiger partial charge in [-0.1, -0.05) is 25.1 Å². The van der Waals surface area contributed by atoms with Gasteiger partial charge in [0.1, 0.15) is 5.75 Å². The molecule has 0 bridgehead atoms. The second kappa shape index (κ2) is 8.66. The van der Waals surface area contributed by atoms with Crippen LogP contribution in [0.5, 0.6) is 11.5 Å². The van der Waals surface area contributed by atoms with Crippen molar-refractivity contribution in [1.29, 1.82) is 0 Å². The lowest BCUT2D eigenvalue weighted by Gasteiger charge is -2.35. The molecule has 2 aliphatic rings. The van der Waals surface area contributed by atoms with Crippen molar-refractivity contribution in [2.45, 2.75) is 51.6 Å². The van der Waals surface area contributed by atoms with Crippen LogP contribution >= 0.6 is 0 Å². The summed E-state index contributed by atoms with van der Waals surface area (Å²) < 4.78 is 25.6. The average Bonchev–Trinajstić information content (AvgIpc) is 3.51. The van der Waals surface area contributed by atoms with E-state index in [0.717, 1.165) is 42.6 Å². The van der Waals surface area contributed by atoms with E-state index in [1.165, 1.54) is 6.07 Å². The molecule has 2 aromatic rings. The Hall–Kier alpha value is -2.56. The van der Waals surface area contributed by atoms with E-state index in [-0.39, 0.29) is 17.8 Å². The summed E-state index contributed by atoms with van der Waals surface area (Å²) in [4.78, 5) is 11.5. The first-order valence-corrected chi connectivity index (χ1v) is 10.8. The fourth-order valence-electron chi connectivity index (χ4n) is 4.39. The minimum Gasteiger partial charge on any atom is -0.493 e. The molecular weight excluding hydrogens is 383 g/mol. The average molecular weight is 413 g/mol. The van der Waals surface area contributed by atoms with Crippen molar-refractivity contribution >= 4 is 5.97 Å². The number of ether oxygens (including phenoxy) is 2. The molecule has 0 aromatic heterocycles. The second-order valence-corrected chi connectivity index (χ2v) is 8.88. The van der Waals surface area contributed by atoms with Gasteiger partial charge >= 0.3 is 5.97 Å². The van der Waals surface area contributed by atoms with Crippen LogP contribution in [0.3, 0.4) is 0 Å². The van der Waals surface area contributed by atoms with Gasteiger partial charge in [0.15, 0.2) is 11.6 Å². The Balaban J connectivity index is 1.29. The molecule has 2 saturated carbocycles. The predicted molar refractivity (Wildman–Crippen MR) is 112 cm³/mol. The van der Waals surface area contributed by atoms with Gasteiger partial charge in [-0.15, -0.1) is 0 Å². The molecule has 0 heterocycles. The lowest BCUT2D eigenvalue weighted by atomic mass is 9.82. The molecule has 1 unspecified atom stereocenters. The number of benzene rings is 2. The summed E-state index contributed by atoms with van der Waals surface area (Å²) in [5.74, 6) is 0.509. The maximum absolute atomic E-state index is 13.8. The molecule has 5 heteroatoms. The number of halogens is 1. The molecule has 30 heavy (non-hydrogen) atoms. The minimum absolute atomic E-state index is 0.0249. The van der Waals surface area contributed by atoms with Crippen molar-refractivity contribution in [2.75, 3.05) is 6.61 Å². The number of carboxylic acids is 1. The van der Waals surface area contributed by atoms with Gasteiger partial charge in [-0.3, -0.25) is 4.79 Å². The number of carbonyl (C=O) groups is 1. The molecule has 0 radical (unpaired) electrons. The van der Waals surface area contributed by atoms with Crippen LogP contribution in [0.1, 0.15) is 49.7 Å². The lowest BCUT2D eigenvalue weighted by Crippen LogP contribution is -2.37. The molecule has 0 aliphatic heterocycles. The van der Waals surface area contributed by atoms with Gasteiger partial charge < -0.3 is 14.6 Å². The first kappa shape index (κ1) is 20.7. The number of hydrogen-bond donors (Lipinski definition) is 1. The Labute approximate surface area is 177 Å². The maximum Gasteiger partial charge on any atom is 0.306 e. The van der Waals surface area contributed by atoms with Crippen molar-refractivity contribution in [3.63, 3.8) is 0 Å². The third-order valence-corrected chi connectivity index (χ3v) is 6.36. The van der Waals surface area contributed by atoms with Crippen molar-refractivity contribution in [3.8, 4) is 11.5 Å². The van der Waals surface area contributed by atoms with E-state index in [1.807, 2.05) is 31.2 Å². The molecule has 0 saturated heterocycles. The van der Waals surface area contributed by atoms with Gasteiger partial charge in [-0.25, -0.2) is 4.39 Å². The summed E-state index contributed by atoms with van der Waals surface area (Å²) in [5.41, 5.74) is 2.03. The Morgan fingerprint density at radius 1 is 1.20 bits per heavy atom. The number of hydrogen-bond acceptors (Lipinski definition) is 3. The molecule has 160 valence electrons. The molecule has 2 atom stereocenters. The first-order chi connectivity index (χ1) is 14.4. The van der Waals surface area contributed by atoms with E-state index >= 15 is 0 Å². The van der Waals surface area contributed by atoms with Crippen molar-refractivity contribution in [2.24, 2.45) is 17.8 Å². The van der Waals surface area contributed by atoms with E-state index in [9.17, 15) is 14.3 Å². The topological polar surface area (TPSA) is 55.8 Å². The zero-order valence-electron chi connectivity index (χ0n) is 17.5. The number of aryl methyl sites for hydroxylation is 1. The fraction of sp³-hybridized carbons (Fsp3) is 0.480. The minimum atomic E-state index is -0.747. The van der Waals surface area contributed by atoms with E-state index in [2.05, 4.69) is 0 Å². The van der Waals surface area contributed by atoms with Crippen molar-refractivity contribution in [3.05, 3.63) is 59.4 Å². The molecule has 1 N–H and O–H groups in total. The Kier molecular flexibility index (Phi) is 5.98. The fourth-order valence-corrected chi connectivity index (χ4v) is 4.39. The monoisotopic (exact) mass is 412 g/mol. The molecule has 0 spiro atoms. The summed E-state index contributed by atoms with van der Waals surface area (Å²) in [5, 5.41) is 9.47. The SMILES string of the molecule is Cc1ccc(F)c(OC2CC(COc3cccc(C(C4CC4)[C@H](C)C(=O)O)c3)C2)c1. The van der Waals surface area contributed by atoms with Crippen molar-refractivity contribution in [1.82, 2.24) is 0 Å². The van der Waals surface area contributed by atoms with Crippen LogP contribution in [0, 0.1) is 30.5 Å². The number of carboxylic acid groups (broad SMARTS) is 1. The maximum atomic E-state index is 13.8. The summed E-state index contributed by atoms with van der Waals surface area (Å²) in [6.45, 7) is 4.30. The number of rotatable bonds is 9. The Bertz CT molecular complexity index is 902. The first-order valence-electron chi connectivity index (χ1n) is 10.8. The van der Waals surface area contributed by atoms with Crippen LogP contribution in [0.4, 0.5) is 4.39 Å². The number of aliphatic carboxylic acids is 1. The third-order valence-electron chi connectivity index (χ3n) is 6.36. The van der Waals surface area contributed by atoms with Crippen LogP contribution in [0.25, 0.3) is 0 Å². The van der Waals surface area contributed by atoms with Gasteiger partial charge in [-0.2, -0.15) is 0 Å². The molecule has 2 fully saturated rings. The molecular formula is C25H29FO4. The van der Waals surface area contributed by atoms with Gasteiger partial charge in [0.25, 0.3) is 0 Å². The zero-order chi connectivity index (χ0) is 21.3. The smallest absolute Gasteiger partial charge is 0.306 e. The molecule has 4 rings (SSSR count). The predicted octanol–water partition coefficient (Wildman–Crippen LogP) is 5.58. The highest BCUT2D eigenvalue weighted by Crippen LogP contribution is 2.47. The highest BCUT2D eigenvalue weighted by atomic mass is 19.1. The van der Waals surface area contributed by atoms with Gasteiger partial charge in [0.05, 0.1) is 18.6 Å². The summed E-state index contributed by atoms with van der Waals surface area (Å²) in [6, 6.07) is 12.8. The molecule has 2 aliphatic carbocycles. The summed E-state index contributed by atoms with van der Waals surface area (Å²) >= 11 is 0. The normalized spacial score (nSPS) is 22.6. The quantitative estimate of drug-likeness (QED) is 0.584.